The number of methoxy groups -OCH3 is 1. The summed E-state index contributed by atoms with van der Waals surface area (Å²) in [5.41, 5.74) is 0.00262. The average Bonchev–Trinajstić information content (AvgIpc) is 2.83. The lowest BCUT2D eigenvalue weighted by Gasteiger charge is -2.36. The predicted octanol–water partition coefficient (Wildman–Crippen LogP) is 4.19. The van der Waals surface area contributed by atoms with Crippen molar-refractivity contribution in [3.8, 4) is 11.8 Å². The summed E-state index contributed by atoms with van der Waals surface area (Å²) < 4.78 is 20.6. The van der Waals surface area contributed by atoms with Crippen LogP contribution in [0.15, 0.2) is 40.9 Å². The molecule has 0 atom stereocenters. The Labute approximate surface area is 193 Å². The molecular formula is C23H23BrFN5O2. The third kappa shape index (κ3) is 4.47. The first-order valence-electron chi connectivity index (χ1n) is 10.3. The fourth-order valence-electron chi connectivity index (χ4n) is 3.86. The van der Waals surface area contributed by atoms with Gasteiger partial charge in [-0.1, -0.05) is 6.07 Å². The number of hydrogen-bond donors (Lipinski definition) is 2. The first kappa shape index (κ1) is 22.2. The fourth-order valence-corrected chi connectivity index (χ4v) is 4.45. The van der Waals surface area contributed by atoms with Crippen LogP contribution in [0, 0.1) is 11.3 Å². The largest absolute Gasteiger partial charge is 0.496 e. The van der Waals surface area contributed by atoms with E-state index in [0.29, 0.717) is 36.8 Å². The van der Waals surface area contributed by atoms with Crippen LogP contribution in [0.3, 0.4) is 0 Å². The first-order valence-corrected chi connectivity index (χ1v) is 11.1. The van der Waals surface area contributed by atoms with Crippen molar-refractivity contribution in [1.82, 2.24) is 10.2 Å². The summed E-state index contributed by atoms with van der Waals surface area (Å²) in [6.45, 7) is 0.914. The Balaban J connectivity index is 1.63. The van der Waals surface area contributed by atoms with Gasteiger partial charge in [-0.3, -0.25) is 0 Å². The van der Waals surface area contributed by atoms with E-state index in [2.05, 4.69) is 37.5 Å². The normalized spacial score (nSPS) is 15.4. The van der Waals surface area contributed by atoms with Gasteiger partial charge >= 0.3 is 0 Å². The third-order valence-corrected chi connectivity index (χ3v) is 6.43. The quantitative estimate of drug-likeness (QED) is 0.525. The first-order chi connectivity index (χ1) is 15.5. The standard InChI is InChI=1S/C23H23BrFN5O2/c1-32-20-5-3-16(11-19(20)24)13-27-21-18-10-15(12-26)2-4-17(18)22(29-28-21)30-8-6-23(25,14-31)7-9-30/h2-5,10-11,31H,6-9,13-14H2,1H3,(H,27,28). The summed E-state index contributed by atoms with van der Waals surface area (Å²) in [5.74, 6) is 1.98. The Morgan fingerprint density at radius 3 is 2.66 bits per heavy atom. The zero-order valence-corrected chi connectivity index (χ0v) is 19.2. The molecule has 2 N–H and O–H groups in total. The number of aliphatic hydroxyl groups excluding tert-OH is 1. The van der Waals surface area contributed by atoms with Crippen molar-refractivity contribution in [3.63, 3.8) is 0 Å². The molecule has 0 spiro atoms. The van der Waals surface area contributed by atoms with Crippen molar-refractivity contribution in [2.24, 2.45) is 0 Å². The SMILES string of the molecule is COc1ccc(CNc2nnc(N3CCC(F)(CO)CC3)c3ccc(C#N)cc23)cc1Br. The van der Waals surface area contributed by atoms with Crippen molar-refractivity contribution in [2.75, 3.05) is 37.0 Å². The second-order valence-electron chi connectivity index (χ2n) is 7.86. The van der Waals surface area contributed by atoms with E-state index in [9.17, 15) is 14.8 Å². The van der Waals surface area contributed by atoms with Crippen LogP contribution in [-0.2, 0) is 6.54 Å². The third-order valence-electron chi connectivity index (χ3n) is 5.81. The predicted molar refractivity (Wildman–Crippen MR) is 125 cm³/mol. The maximum atomic E-state index is 14.4. The van der Waals surface area contributed by atoms with Crippen molar-refractivity contribution < 1.29 is 14.2 Å². The van der Waals surface area contributed by atoms with Crippen LogP contribution in [-0.4, -0.2) is 47.8 Å². The molecule has 1 aliphatic rings. The highest BCUT2D eigenvalue weighted by atomic mass is 79.9. The van der Waals surface area contributed by atoms with Gasteiger partial charge in [0, 0.05) is 43.2 Å². The van der Waals surface area contributed by atoms with Gasteiger partial charge in [0.25, 0.3) is 0 Å². The second kappa shape index (κ2) is 9.27. The Hall–Kier alpha value is -2.96. The van der Waals surface area contributed by atoms with Crippen LogP contribution in [0.1, 0.15) is 24.0 Å². The molecule has 0 unspecified atom stereocenters. The highest BCUT2D eigenvalue weighted by Gasteiger charge is 2.34. The number of aliphatic hydroxyl groups is 1. The van der Waals surface area contributed by atoms with Crippen molar-refractivity contribution >= 4 is 38.3 Å². The molecule has 0 bridgehead atoms. The summed E-state index contributed by atoms with van der Waals surface area (Å²) >= 11 is 3.49. The van der Waals surface area contributed by atoms with Crippen molar-refractivity contribution in [1.29, 1.82) is 5.26 Å². The Bertz CT molecular complexity index is 1170. The smallest absolute Gasteiger partial charge is 0.159 e. The average molecular weight is 500 g/mol. The molecule has 7 nitrogen and oxygen atoms in total. The number of hydrogen-bond acceptors (Lipinski definition) is 7. The number of aromatic nitrogens is 2. The van der Waals surface area contributed by atoms with Crippen molar-refractivity contribution in [2.45, 2.75) is 25.1 Å². The molecule has 1 saturated heterocycles. The van der Waals surface area contributed by atoms with Crippen LogP contribution < -0.4 is 15.0 Å². The molecule has 32 heavy (non-hydrogen) atoms. The molecule has 0 radical (unpaired) electrons. The lowest BCUT2D eigenvalue weighted by molar-refractivity contribution is 0.0480. The molecule has 1 aliphatic heterocycles. The molecule has 166 valence electrons. The molecule has 0 saturated carbocycles. The minimum absolute atomic E-state index is 0.231. The van der Waals surface area contributed by atoms with E-state index in [1.807, 2.05) is 29.2 Å². The summed E-state index contributed by atoms with van der Waals surface area (Å²) in [6.07, 6.45) is 0.463. The lowest BCUT2D eigenvalue weighted by Crippen LogP contribution is -2.44. The highest BCUT2D eigenvalue weighted by Crippen LogP contribution is 2.34. The molecule has 1 fully saturated rings. The molecule has 9 heteroatoms. The van der Waals surface area contributed by atoms with Crippen molar-refractivity contribution in [3.05, 3.63) is 52.0 Å². The number of piperidine rings is 1. The zero-order chi connectivity index (χ0) is 22.7. The topological polar surface area (TPSA) is 94.3 Å². The van der Waals surface area contributed by atoms with Gasteiger partial charge in [0.2, 0.25) is 0 Å². The number of anilines is 2. The number of benzene rings is 2. The van der Waals surface area contributed by atoms with Gasteiger partial charge in [-0.25, -0.2) is 4.39 Å². The number of fused-ring (bicyclic) bond motifs is 1. The fraction of sp³-hybridized carbons (Fsp3) is 0.348. The number of rotatable bonds is 6. The van der Waals surface area contributed by atoms with Gasteiger partial charge in [-0.2, -0.15) is 5.26 Å². The minimum atomic E-state index is -1.54. The van der Waals surface area contributed by atoms with E-state index >= 15 is 0 Å². The van der Waals surface area contributed by atoms with Crippen LogP contribution in [0.4, 0.5) is 16.0 Å². The summed E-state index contributed by atoms with van der Waals surface area (Å²) in [4.78, 5) is 1.99. The maximum absolute atomic E-state index is 14.4. The van der Waals surface area contributed by atoms with Crippen LogP contribution >= 0.6 is 15.9 Å². The monoisotopic (exact) mass is 499 g/mol. The number of nitrogens with zero attached hydrogens (tertiary/aromatic N) is 4. The Morgan fingerprint density at radius 2 is 2.00 bits per heavy atom. The van der Waals surface area contributed by atoms with Crippen LogP contribution in [0.5, 0.6) is 5.75 Å². The van der Waals surface area contributed by atoms with Gasteiger partial charge in [0.05, 0.1) is 29.8 Å². The van der Waals surface area contributed by atoms with E-state index in [4.69, 9.17) is 4.74 Å². The lowest BCUT2D eigenvalue weighted by atomic mass is 9.94. The Morgan fingerprint density at radius 1 is 1.22 bits per heavy atom. The minimum Gasteiger partial charge on any atom is -0.496 e. The Kier molecular flexibility index (Phi) is 6.44. The molecule has 0 amide bonds. The van der Waals surface area contributed by atoms with E-state index in [1.54, 1.807) is 19.2 Å². The summed E-state index contributed by atoms with van der Waals surface area (Å²) in [6, 6.07) is 13.4. The molecule has 3 aromatic rings. The van der Waals surface area contributed by atoms with Crippen LogP contribution in [0.25, 0.3) is 10.8 Å². The molecule has 1 aromatic heterocycles. The molecule has 2 aromatic carbocycles. The second-order valence-corrected chi connectivity index (χ2v) is 8.72. The van der Waals surface area contributed by atoms with Gasteiger partial charge in [0.15, 0.2) is 11.6 Å². The van der Waals surface area contributed by atoms with Gasteiger partial charge in [0.1, 0.15) is 11.4 Å². The number of ether oxygens (including phenoxy) is 1. The van der Waals surface area contributed by atoms with E-state index in [-0.39, 0.29) is 12.8 Å². The van der Waals surface area contributed by atoms with Gasteiger partial charge in [-0.05, 0) is 51.8 Å². The highest BCUT2D eigenvalue weighted by molar-refractivity contribution is 9.10. The number of nitriles is 1. The number of alkyl halides is 1. The molecular weight excluding hydrogens is 477 g/mol. The van der Waals surface area contributed by atoms with E-state index in [1.165, 1.54) is 0 Å². The van der Waals surface area contributed by atoms with E-state index < -0.39 is 12.3 Å². The van der Waals surface area contributed by atoms with Crippen LogP contribution in [0.2, 0.25) is 0 Å². The molecule has 4 rings (SSSR count). The summed E-state index contributed by atoms with van der Waals surface area (Å²) in [5, 5.41) is 32.4. The molecule has 0 aliphatic carbocycles. The zero-order valence-electron chi connectivity index (χ0n) is 17.6. The number of nitrogens with one attached hydrogen (secondary N) is 1. The van der Waals surface area contributed by atoms with E-state index in [0.717, 1.165) is 26.6 Å². The summed E-state index contributed by atoms with van der Waals surface area (Å²) in [7, 11) is 1.62. The van der Waals surface area contributed by atoms with Gasteiger partial charge < -0.3 is 20.1 Å². The van der Waals surface area contributed by atoms with Gasteiger partial charge in [-0.15, -0.1) is 10.2 Å². The maximum Gasteiger partial charge on any atom is 0.159 e. The molecule has 2 heterocycles. The number of halogens is 2.